The van der Waals surface area contributed by atoms with Crippen LogP contribution in [-0.2, 0) is 0 Å². The normalized spacial score (nSPS) is 17.6. The molecule has 1 atom stereocenters. The van der Waals surface area contributed by atoms with Crippen molar-refractivity contribution in [3.8, 4) is 6.07 Å². The van der Waals surface area contributed by atoms with Crippen LogP contribution in [0.4, 0.5) is 15.9 Å². The van der Waals surface area contributed by atoms with Gasteiger partial charge in [0, 0.05) is 19.1 Å². The lowest BCUT2D eigenvalue weighted by Crippen LogP contribution is -2.42. The molecule has 0 aliphatic carbocycles. The van der Waals surface area contributed by atoms with E-state index in [-0.39, 0.29) is 11.6 Å². The molecular formula is C17H18FN5. The Balaban J connectivity index is 1.73. The standard InChI is InChI=1S/C17H18FN5/c1-12-7-8-17(22-21-12)23-9-3-4-13(11-23)20-16-6-2-5-15(18)14(16)10-19/h2,5-8,13,20H,3-4,9,11H2,1H3/t13-/m0/s1. The summed E-state index contributed by atoms with van der Waals surface area (Å²) in [6, 6.07) is 10.6. The summed E-state index contributed by atoms with van der Waals surface area (Å²) in [6.07, 6.45) is 1.97. The molecule has 2 aromatic rings. The maximum absolute atomic E-state index is 13.7. The van der Waals surface area contributed by atoms with Crippen LogP contribution in [0.3, 0.4) is 0 Å². The average Bonchev–Trinajstić information content (AvgIpc) is 2.56. The number of hydrogen-bond acceptors (Lipinski definition) is 5. The van der Waals surface area contributed by atoms with Gasteiger partial charge < -0.3 is 10.2 Å². The Bertz CT molecular complexity index is 723. The van der Waals surface area contributed by atoms with Crippen LogP contribution < -0.4 is 10.2 Å². The number of rotatable bonds is 3. The van der Waals surface area contributed by atoms with Crippen molar-refractivity contribution in [1.29, 1.82) is 5.26 Å². The van der Waals surface area contributed by atoms with Gasteiger partial charge >= 0.3 is 0 Å². The Morgan fingerprint density at radius 1 is 1.30 bits per heavy atom. The fourth-order valence-electron chi connectivity index (χ4n) is 2.84. The molecule has 1 aromatic heterocycles. The smallest absolute Gasteiger partial charge is 0.151 e. The maximum atomic E-state index is 13.7. The molecule has 3 rings (SSSR count). The van der Waals surface area contributed by atoms with E-state index in [4.69, 9.17) is 5.26 Å². The zero-order valence-electron chi connectivity index (χ0n) is 13.0. The summed E-state index contributed by atoms with van der Waals surface area (Å²) in [4.78, 5) is 2.17. The van der Waals surface area contributed by atoms with Crippen LogP contribution in [-0.4, -0.2) is 29.3 Å². The first-order valence-corrected chi connectivity index (χ1v) is 7.68. The van der Waals surface area contributed by atoms with Gasteiger partial charge in [-0.05, 0) is 44.0 Å². The summed E-state index contributed by atoms with van der Waals surface area (Å²) in [6.45, 7) is 3.58. The number of nitrogens with one attached hydrogen (secondary N) is 1. The van der Waals surface area contributed by atoms with Gasteiger partial charge in [-0.3, -0.25) is 0 Å². The average molecular weight is 311 g/mol. The van der Waals surface area contributed by atoms with Gasteiger partial charge in [0.15, 0.2) is 5.82 Å². The van der Waals surface area contributed by atoms with Crippen LogP contribution in [0, 0.1) is 24.1 Å². The monoisotopic (exact) mass is 311 g/mol. The van der Waals surface area contributed by atoms with E-state index in [0.29, 0.717) is 5.69 Å². The maximum Gasteiger partial charge on any atom is 0.151 e. The van der Waals surface area contributed by atoms with Gasteiger partial charge in [0.05, 0.1) is 11.4 Å². The number of aryl methyl sites for hydroxylation is 1. The molecule has 118 valence electrons. The Morgan fingerprint density at radius 3 is 2.91 bits per heavy atom. The molecule has 1 saturated heterocycles. The quantitative estimate of drug-likeness (QED) is 0.944. The minimum atomic E-state index is -0.491. The summed E-state index contributed by atoms with van der Waals surface area (Å²) in [5, 5.41) is 20.8. The van der Waals surface area contributed by atoms with Crippen molar-refractivity contribution in [3.63, 3.8) is 0 Å². The summed E-state index contributed by atoms with van der Waals surface area (Å²) in [7, 11) is 0. The molecule has 2 heterocycles. The van der Waals surface area contributed by atoms with Gasteiger partial charge in [0.1, 0.15) is 17.4 Å². The fourth-order valence-corrected chi connectivity index (χ4v) is 2.84. The fraction of sp³-hybridized carbons (Fsp3) is 0.353. The first-order chi connectivity index (χ1) is 11.2. The van der Waals surface area contributed by atoms with E-state index in [2.05, 4.69) is 20.4 Å². The molecule has 0 unspecified atom stereocenters. The molecule has 1 aliphatic rings. The second kappa shape index (κ2) is 6.61. The zero-order valence-corrected chi connectivity index (χ0v) is 13.0. The molecule has 1 aliphatic heterocycles. The molecule has 6 heteroatoms. The highest BCUT2D eigenvalue weighted by molar-refractivity contribution is 5.58. The van der Waals surface area contributed by atoms with E-state index in [1.807, 2.05) is 25.1 Å². The molecular weight excluding hydrogens is 293 g/mol. The Labute approximate surface area is 134 Å². The van der Waals surface area contributed by atoms with E-state index < -0.39 is 5.82 Å². The van der Waals surface area contributed by atoms with Crippen molar-refractivity contribution in [3.05, 3.63) is 47.4 Å². The van der Waals surface area contributed by atoms with Crippen LogP contribution in [0.15, 0.2) is 30.3 Å². The lowest BCUT2D eigenvalue weighted by Gasteiger charge is -2.34. The third-order valence-electron chi connectivity index (χ3n) is 4.01. The van der Waals surface area contributed by atoms with Crippen molar-refractivity contribution in [2.45, 2.75) is 25.8 Å². The summed E-state index contributed by atoms with van der Waals surface area (Å²) in [5.74, 6) is 0.358. The van der Waals surface area contributed by atoms with Crippen molar-refractivity contribution in [2.75, 3.05) is 23.3 Å². The summed E-state index contributed by atoms with van der Waals surface area (Å²) < 4.78 is 13.7. The van der Waals surface area contributed by atoms with Crippen molar-refractivity contribution < 1.29 is 4.39 Å². The second-order valence-electron chi connectivity index (χ2n) is 5.74. The van der Waals surface area contributed by atoms with Gasteiger partial charge in [0.25, 0.3) is 0 Å². The second-order valence-corrected chi connectivity index (χ2v) is 5.74. The van der Waals surface area contributed by atoms with Crippen LogP contribution in [0.1, 0.15) is 24.1 Å². The Kier molecular flexibility index (Phi) is 4.38. The highest BCUT2D eigenvalue weighted by Gasteiger charge is 2.22. The number of nitrogens with zero attached hydrogens (tertiary/aromatic N) is 4. The number of piperidine rings is 1. The molecule has 1 aromatic carbocycles. The highest BCUT2D eigenvalue weighted by Crippen LogP contribution is 2.23. The minimum absolute atomic E-state index is 0.0692. The Hall–Kier alpha value is -2.68. The summed E-state index contributed by atoms with van der Waals surface area (Å²) in [5.41, 5.74) is 1.51. The molecule has 1 fully saturated rings. The van der Waals surface area contributed by atoms with E-state index in [1.165, 1.54) is 6.07 Å². The lowest BCUT2D eigenvalue weighted by atomic mass is 10.0. The van der Waals surface area contributed by atoms with E-state index in [9.17, 15) is 4.39 Å². The van der Waals surface area contributed by atoms with Crippen molar-refractivity contribution in [1.82, 2.24) is 10.2 Å². The third kappa shape index (κ3) is 3.39. The van der Waals surface area contributed by atoms with Crippen LogP contribution in [0.5, 0.6) is 0 Å². The molecule has 1 N–H and O–H groups in total. The number of benzene rings is 1. The van der Waals surface area contributed by atoms with Gasteiger partial charge in [-0.2, -0.15) is 10.4 Å². The lowest BCUT2D eigenvalue weighted by molar-refractivity contribution is 0.524. The molecule has 5 nitrogen and oxygen atoms in total. The number of hydrogen-bond donors (Lipinski definition) is 1. The molecule has 0 spiro atoms. The first-order valence-electron chi connectivity index (χ1n) is 7.68. The number of aromatic nitrogens is 2. The third-order valence-corrected chi connectivity index (χ3v) is 4.01. The van der Waals surface area contributed by atoms with Crippen molar-refractivity contribution in [2.24, 2.45) is 0 Å². The van der Waals surface area contributed by atoms with Crippen LogP contribution >= 0.6 is 0 Å². The molecule has 23 heavy (non-hydrogen) atoms. The van der Waals surface area contributed by atoms with E-state index in [0.717, 1.165) is 37.4 Å². The SMILES string of the molecule is Cc1ccc(N2CCC[C@H](Nc3cccc(F)c3C#N)C2)nn1. The predicted molar refractivity (Wildman–Crippen MR) is 86.7 cm³/mol. The van der Waals surface area contributed by atoms with E-state index in [1.54, 1.807) is 12.1 Å². The predicted octanol–water partition coefficient (Wildman–Crippen LogP) is 2.88. The number of anilines is 2. The molecule has 0 radical (unpaired) electrons. The van der Waals surface area contributed by atoms with Crippen molar-refractivity contribution >= 4 is 11.5 Å². The zero-order chi connectivity index (χ0) is 16.2. The van der Waals surface area contributed by atoms with E-state index >= 15 is 0 Å². The molecule has 0 amide bonds. The van der Waals surface area contributed by atoms with Gasteiger partial charge in [0.2, 0.25) is 0 Å². The molecule has 0 saturated carbocycles. The number of halogens is 1. The number of nitriles is 1. The topological polar surface area (TPSA) is 64.8 Å². The minimum Gasteiger partial charge on any atom is -0.379 e. The highest BCUT2D eigenvalue weighted by atomic mass is 19.1. The van der Waals surface area contributed by atoms with Crippen LogP contribution in [0.2, 0.25) is 0 Å². The summed E-state index contributed by atoms with van der Waals surface area (Å²) >= 11 is 0. The molecule has 0 bridgehead atoms. The van der Waals surface area contributed by atoms with Gasteiger partial charge in [-0.25, -0.2) is 4.39 Å². The van der Waals surface area contributed by atoms with Gasteiger partial charge in [-0.15, -0.1) is 5.10 Å². The van der Waals surface area contributed by atoms with Crippen LogP contribution in [0.25, 0.3) is 0 Å². The Morgan fingerprint density at radius 2 is 2.17 bits per heavy atom. The first kappa shape index (κ1) is 15.2. The van der Waals surface area contributed by atoms with Gasteiger partial charge in [-0.1, -0.05) is 6.07 Å². The largest absolute Gasteiger partial charge is 0.379 e.